The van der Waals surface area contributed by atoms with Gasteiger partial charge in [-0.3, -0.25) is 14.8 Å². The van der Waals surface area contributed by atoms with Gasteiger partial charge in [0.25, 0.3) is 15.7 Å². The van der Waals surface area contributed by atoms with E-state index in [4.69, 9.17) is 9.88 Å². The summed E-state index contributed by atoms with van der Waals surface area (Å²) >= 11 is 0. The zero-order chi connectivity index (χ0) is 19.5. The molecule has 0 aliphatic heterocycles. The van der Waals surface area contributed by atoms with Crippen LogP contribution in [0.1, 0.15) is 5.56 Å². The first-order chi connectivity index (χ1) is 12.0. The van der Waals surface area contributed by atoms with Gasteiger partial charge in [0, 0.05) is 5.69 Å². The number of nitro groups is 1. The molecule has 0 unspecified atom stereocenters. The lowest BCUT2D eigenvalue weighted by Crippen LogP contribution is -2.16. The summed E-state index contributed by atoms with van der Waals surface area (Å²) in [4.78, 5) is 9.78. The quantitative estimate of drug-likeness (QED) is 0.520. The van der Waals surface area contributed by atoms with Crippen molar-refractivity contribution in [3.63, 3.8) is 0 Å². The van der Waals surface area contributed by atoms with E-state index < -0.39 is 41.3 Å². The zero-order valence-electron chi connectivity index (χ0n) is 13.4. The summed E-state index contributed by atoms with van der Waals surface area (Å²) in [7, 11) is -6.80. The first-order valence-electron chi connectivity index (χ1n) is 6.96. The number of primary sulfonamides is 1. The second-order valence-corrected chi connectivity index (χ2v) is 8.47. The summed E-state index contributed by atoms with van der Waals surface area (Å²) in [6.45, 7) is 0. The van der Waals surface area contributed by atoms with Crippen LogP contribution in [-0.2, 0) is 25.8 Å². The van der Waals surface area contributed by atoms with Crippen molar-refractivity contribution in [2.24, 2.45) is 5.14 Å². The maximum Gasteiger partial charge on any atom is 0.293 e. The van der Waals surface area contributed by atoms with Gasteiger partial charge in [-0.25, -0.2) is 22.0 Å². The van der Waals surface area contributed by atoms with Gasteiger partial charge in [-0.1, -0.05) is 12.1 Å². The average Bonchev–Trinajstić information content (AvgIpc) is 2.52. The van der Waals surface area contributed by atoms with Crippen LogP contribution in [0, 0.1) is 10.1 Å². The Balaban J connectivity index is 2.41. The number of anilines is 1. The number of benzene rings is 2. The van der Waals surface area contributed by atoms with E-state index in [0.717, 1.165) is 12.1 Å². The summed E-state index contributed by atoms with van der Waals surface area (Å²) in [5.41, 5.74) is -0.356. The van der Waals surface area contributed by atoms with Crippen LogP contribution in [0.15, 0.2) is 47.4 Å². The van der Waals surface area contributed by atoms with Crippen molar-refractivity contribution < 1.29 is 26.5 Å². The van der Waals surface area contributed by atoms with Crippen LogP contribution in [0.25, 0.3) is 0 Å². The molecule has 0 saturated heterocycles. The maximum atomic E-state index is 12.5. The summed E-state index contributed by atoms with van der Waals surface area (Å²) in [5.74, 6) is -0.351. The zero-order valence-corrected chi connectivity index (χ0v) is 15.1. The Labute approximate surface area is 149 Å². The maximum absolute atomic E-state index is 12.5. The topological polar surface area (TPSA) is 159 Å². The van der Waals surface area contributed by atoms with Gasteiger partial charge < -0.3 is 4.74 Å². The van der Waals surface area contributed by atoms with Gasteiger partial charge in [0.1, 0.15) is 5.75 Å². The van der Waals surface area contributed by atoms with Gasteiger partial charge in [-0.15, -0.1) is 0 Å². The SMILES string of the molecule is COc1ccc(S(=O)(=O)Nc2cccc(CS(N)(=O)=O)c2)c([N+](=O)[O-])c1. The number of nitro benzene ring substituents is 1. The van der Waals surface area contributed by atoms with Crippen molar-refractivity contribution in [2.45, 2.75) is 10.6 Å². The van der Waals surface area contributed by atoms with E-state index in [-0.39, 0.29) is 17.0 Å². The standard InChI is InChI=1S/C14H15N3O7S2/c1-24-12-5-6-14(13(8-12)17(18)19)26(22,23)16-11-4-2-3-10(7-11)9-25(15,20)21/h2-8,16H,9H2,1H3,(H2,15,20,21). The molecule has 0 aromatic heterocycles. The molecular weight excluding hydrogens is 386 g/mol. The van der Waals surface area contributed by atoms with Crippen LogP contribution < -0.4 is 14.6 Å². The van der Waals surface area contributed by atoms with E-state index in [1.54, 1.807) is 0 Å². The van der Waals surface area contributed by atoms with Crippen molar-refractivity contribution >= 4 is 31.4 Å². The van der Waals surface area contributed by atoms with Crippen LogP contribution in [-0.4, -0.2) is 28.9 Å². The lowest BCUT2D eigenvalue weighted by atomic mass is 10.2. The minimum atomic E-state index is -4.30. The third-order valence-electron chi connectivity index (χ3n) is 3.20. The highest BCUT2D eigenvalue weighted by molar-refractivity contribution is 7.92. The number of hydrogen-bond acceptors (Lipinski definition) is 7. The Bertz CT molecular complexity index is 1050. The molecular formula is C14H15N3O7S2. The summed E-state index contributed by atoms with van der Waals surface area (Å²) in [5, 5.41) is 16.1. The molecule has 0 amide bonds. The van der Waals surface area contributed by atoms with Crippen LogP contribution in [0.2, 0.25) is 0 Å². The van der Waals surface area contributed by atoms with E-state index in [1.165, 1.54) is 37.4 Å². The van der Waals surface area contributed by atoms with Crippen LogP contribution in [0.4, 0.5) is 11.4 Å². The Morgan fingerprint density at radius 2 is 1.85 bits per heavy atom. The molecule has 2 rings (SSSR count). The molecule has 10 nitrogen and oxygen atoms in total. The predicted molar refractivity (Wildman–Crippen MR) is 93.7 cm³/mol. The molecule has 3 N–H and O–H groups in total. The second kappa shape index (κ2) is 7.27. The van der Waals surface area contributed by atoms with Crippen LogP contribution >= 0.6 is 0 Å². The fourth-order valence-electron chi connectivity index (χ4n) is 2.16. The number of nitrogens with zero attached hydrogens (tertiary/aromatic N) is 1. The normalized spacial score (nSPS) is 11.8. The highest BCUT2D eigenvalue weighted by atomic mass is 32.2. The van der Waals surface area contributed by atoms with Gasteiger partial charge in [0.05, 0.1) is 23.9 Å². The molecule has 0 atom stereocenters. The van der Waals surface area contributed by atoms with E-state index >= 15 is 0 Å². The number of ether oxygens (including phenoxy) is 1. The van der Waals surface area contributed by atoms with Crippen molar-refractivity contribution in [1.82, 2.24) is 0 Å². The van der Waals surface area contributed by atoms with Crippen molar-refractivity contribution in [3.8, 4) is 5.75 Å². The molecule has 0 aliphatic rings. The summed E-state index contributed by atoms with van der Waals surface area (Å²) < 4.78 is 54.4. The Morgan fingerprint density at radius 1 is 1.15 bits per heavy atom. The highest BCUT2D eigenvalue weighted by Crippen LogP contribution is 2.29. The summed E-state index contributed by atoms with van der Waals surface area (Å²) in [6, 6.07) is 8.86. The van der Waals surface area contributed by atoms with Crippen LogP contribution in [0.3, 0.4) is 0 Å². The molecule has 26 heavy (non-hydrogen) atoms. The number of sulfonamides is 2. The van der Waals surface area contributed by atoms with E-state index in [2.05, 4.69) is 4.72 Å². The molecule has 2 aromatic rings. The minimum Gasteiger partial charge on any atom is -0.497 e. The molecule has 0 radical (unpaired) electrons. The number of nitrogens with one attached hydrogen (secondary N) is 1. The molecule has 0 fully saturated rings. The number of nitrogens with two attached hydrogens (primary N) is 1. The Morgan fingerprint density at radius 3 is 2.42 bits per heavy atom. The number of methoxy groups -OCH3 is 1. The lowest BCUT2D eigenvalue weighted by molar-refractivity contribution is -0.387. The summed E-state index contributed by atoms with van der Waals surface area (Å²) in [6.07, 6.45) is 0. The molecule has 0 heterocycles. The molecule has 140 valence electrons. The van der Waals surface area contributed by atoms with Crippen molar-refractivity contribution in [3.05, 3.63) is 58.1 Å². The molecule has 0 aliphatic carbocycles. The predicted octanol–water partition coefficient (Wildman–Crippen LogP) is 1.19. The molecule has 0 bridgehead atoms. The van der Waals surface area contributed by atoms with Gasteiger partial charge in [-0.2, -0.15) is 0 Å². The second-order valence-electron chi connectivity index (χ2n) is 5.20. The third-order valence-corrected chi connectivity index (χ3v) is 5.36. The van der Waals surface area contributed by atoms with Gasteiger partial charge in [0.2, 0.25) is 10.0 Å². The number of rotatable bonds is 7. The van der Waals surface area contributed by atoms with Gasteiger partial charge in [-0.05, 0) is 29.8 Å². The fourth-order valence-corrected chi connectivity index (χ4v) is 4.01. The lowest BCUT2D eigenvalue weighted by Gasteiger charge is -2.10. The smallest absolute Gasteiger partial charge is 0.293 e. The molecule has 2 aromatic carbocycles. The van der Waals surface area contributed by atoms with E-state index in [9.17, 15) is 26.9 Å². The Hall–Kier alpha value is -2.70. The first-order valence-corrected chi connectivity index (χ1v) is 10.2. The van der Waals surface area contributed by atoms with Crippen molar-refractivity contribution in [2.75, 3.05) is 11.8 Å². The number of hydrogen-bond donors (Lipinski definition) is 2. The largest absolute Gasteiger partial charge is 0.497 e. The Kier molecular flexibility index (Phi) is 5.49. The van der Waals surface area contributed by atoms with Crippen LogP contribution in [0.5, 0.6) is 5.75 Å². The molecule has 0 spiro atoms. The van der Waals surface area contributed by atoms with Gasteiger partial charge in [0.15, 0.2) is 4.90 Å². The average molecular weight is 401 g/mol. The molecule has 0 saturated carbocycles. The molecule has 12 heteroatoms. The fraction of sp³-hybridized carbons (Fsp3) is 0.143. The monoisotopic (exact) mass is 401 g/mol. The van der Waals surface area contributed by atoms with Gasteiger partial charge >= 0.3 is 0 Å². The highest BCUT2D eigenvalue weighted by Gasteiger charge is 2.26. The minimum absolute atomic E-state index is 0.0382. The first kappa shape index (κ1) is 19.6. The van der Waals surface area contributed by atoms with E-state index in [1.807, 2.05) is 0 Å². The van der Waals surface area contributed by atoms with Crippen molar-refractivity contribution in [1.29, 1.82) is 0 Å². The van der Waals surface area contributed by atoms with E-state index in [0.29, 0.717) is 0 Å². The third kappa shape index (κ3) is 4.91.